The van der Waals surface area contributed by atoms with Gasteiger partial charge in [-0.05, 0) is 24.3 Å². The summed E-state index contributed by atoms with van der Waals surface area (Å²) < 4.78 is 0. The molecule has 1 aromatic rings. The SMILES string of the molecule is CN1CCN(CCC(=O)Nc2ccc(C#N)cc2)C1=O. The fourth-order valence-corrected chi connectivity index (χ4v) is 2.00. The van der Waals surface area contributed by atoms with E-state index in [0.29, 0.717) is 30.9 Å². The number of benzene rings is 1. The molecule has 2 rings (SSSR count). The maximum Gasteiger partial charge on any atom is 0.319 e. The van der Waals surface area contributed by atoms with Crippen molar-refractivity contribution >= 4 is 17.6 Å². The smallest absolute Gasteiger partial charge is 0.319 e. The van der Waals surface area contributed by atoms with E-state index in [1.807, 2.05) is 6.07 Å². The van der Waals surface area contributed by atoms with Gasteiger partial charge >= 0.3 is 6.03 Å². The number of urea groups is 1. The highest BCUT2D eigenvalue weighted by molar-refractivity contribution is 5.91. The Kier molecular flexibility index (Phi) is 4.20. The number of anilines is 1. The van der Waals surface area contributed by atoms with Crippen molar-refractivity contribution in [3.63, 3.8) is 0 Å². The highest BCUT2D eigenvalue weighted by Gasteiger charge is 2.25. The van der Waals surface area contributed by atoms with Gasteiger partial charge in [0.05, 0.1) is 11.6 Å². The van der Waals surface area contributed by atoms with Crippen LogP contribution in [0.5, 0.6) is 0 Å². The van der Waals surface area contributed by atoms with Crippen molar-refractivity contribution in [2.24, 2.45) is 0 Å². The molecular weight excluding hydrogens is 256 g/mol. The molecule has 0 unspecified atom stereocenters. The number of hydrogen-bond donors (Lipinski definition) is 1. The van der Waals surface area contributed by atoms with E-state index in [1.165, 1.54) is 0 Å². The third-order valence-electron chi connectivity index (χ3n) is 3.21. The van der Waals surface area contributed by atoms with E-state index in [4.69, 9.17) is 5.26 Å². The summed E-state index contributed by atoms with van der Waals surface area (Å²) in [6.07, 6.45) is 0.263. The Morgan fingerprint density at radius 2 is 2.05 bits per heavy atom. The molecule has 1 heterocycles. The Balaban J connectivity index is 1.81. The van der Waals surface area contributed by atoms with Crippen LogP contribution in [0.4, 0.5) is 10.5 Å². The first-order valence-corrected chi connectivity index (χ1v) is 6.40. The fourth-order valence-electron chi connectivity index (χ4n) is 2.00. The largest absolute Gasteiger partial charge is 0.326 e. The van der Waals surface area contributed by atoms with Gasteiger partial charge in [0.2, 0.25) is 5.91 Å². The van der Waals surface area contributed by atoms with E-state index in [-0.39, 0.29) is 18.4 Å². The average molecular weight is 272 g/mol. The van der Waals surface area contributed by atoms with Crippen LogP contribution in [0.3, 0.4) is 0 Å². The van der Waals surface area contributed by atoms with Crippen molar-refractivity contribution in [3.05, 3.63) is 29.8 Å². The van der Waals surface area contributed by atoms with Gasteiger partial charge in [-0.3, -0.25) is 4.79 Å². The Hall–Kier alpha value is -2.55. The first kappa shape index (κ1) is 13.9. The first-order chi connectivity index (χ1) is 9.60. The van der Waals surface area contributed by atoms with Crippen molar-refractivity contribution in [1.82, 2.24) is 9.80 Å². The second-order valence-electron chi connectivity index (χ2n) is 4.68. The topological polar surface area (TPSA) is 76.4 Å². The molecule has 0 bridgehead atoms. The lowest BCUT2D eigenvalue weighted by Crippen LogP contribution is -2.32. The van der Waals surface area contributed by atoms with Crippen molar-refractivity contribution in [3.8, 4) is 6.07 Å². The van der Waals surface area contributed by atoms with Crippen molar-refractivity contribution in [2.45, 2.75) is 6.42 Å². The van der Waals surface area contributed by atoms with E-state index in [2.05, 4.69) is 5.32 Å². The predicted molar refractivity (Wildman–Crippen MR) is 74.0 cm³/mol. The molecule has 1 aromatic carbocycles. The summed E-state index contributed by atoms with van der Waals surface area (Å²) in [6, 6.07) is 8.65. The number of rotatable bonds is 4. The van der Waals surface area contributed by atoms with Gasteiger partial charge in [0.25, 0.3) is 0 Å². The Labute approximate surface area is 117 Å². The van der Waals surface area contributed by atoms with E-state index in [1.54, 1.807) is 41.1 Å². The molecule has 0 radical (unpaired) electrons. The molecule has 1 saturated heterocycles. The summed E-state index contributed by atoms with van der Waals surface area (Å²) in [6.45, 7) is 1.79. The highest BCUT2D eigenvalue weighted by atomic mass is 16.2. The normalized spacial score (nSPS) is 14.3. The number of carbonyl (C=O) groups excluding carboxylic acids is 2. The van der Waals surface area contributed by atoms with Crippen molar-refractivity contribution < 1.29 is 9.59 Å². The van der Waals surface area contributed by atoms with Crippen LogP contribution in [0.15, 0.2) is 24.3 Å². The first-order valence-electron chi connectivity index (χ1n) is 6.40. The molecule has 1 N–H and O–H groups in total. The molecule has 3 amide bonds. The summed E-state index contributed by atoms with van der Waals surface area (Å²) in [7, 11) is 1.75. The number of likely N-dealkylation sites (N-methyl/N-ethyl adjacent to an activating group) is 1. The molecule has 1 aliphatic heterocycles. The lowest BCUT2D eigenvalue weighted by Gasteiger charge is -2.15. The van der Waals surface area contributed by atoms with Gasteiger partial charge in [-0.25, -0.2) is 4.79 Å². The van der Waals surface area contributed by atoms with E-state index < -0.39 is 0 Å². The zero-order valence-electron chi connectivity index (χ0n) is 11.3. The number of amides is 3. The molecule has 6 heteroatoms. The second kappa shape index (κ2) is 6.06. The number of nitrogens with one attached hydrogen (secondary N) is 1. The molecule has 104 valence electrons. The van der Waals surface area contributed by atoms with Gasteiger partial charge in [0, 0.05) is 38.8 Å². The summed E-state index contributed by atoms with van der Waals surface area (Å²) in [4.78, 5) is 26.7. The molecular formula is C14H16N4O2. The monoisotopic (exact) mass is 272 g/mol. The Bertz CT molecular complexity index is 547. The van der Waals surface area contributed by atoms with Crippen LogP contribution >= 0.6 is 0 Å². The minimum absolute atomic E-state index is 0.0313. The summed E-state index contributed by atoms with van der Waals surface area (Å²) in [5.41, 5.74) is 1.20. The van der Waals surface area contributed by atoms with Gasteiger partial charge in [-0.1, -0.05) is 0 Å². The van der Waals surface area contributed by atoms with Crippen LogP contribution in [0.2, 0.25) is 0 Å². The maximum atomic E-state index is 11.8. The molecule has 0 aliphatic carbocycles. The number of nitriles is 1. The van der Waals surface area contributed by atoms with Crippen LogP contribution in [0.1, 0.15) is 12.0 Å². The predicted octanol–water partition coefficient (Wildman–Crippen LogP) is 1.25. The van der Waals surface area contributed by atoms with Gasteiger partial charge < -0.3 is 15.1 Å². The fraction of sp³-hybridized carbons (Fsp3) is 0.357. The third kappa shape index (κ3) is 3.26. The zero-order chi connectivity index (χ0) is 14.5. The van der Waals surface area contributed by atoms with Crippen LogP contribution in [-0.2, 0) is 4.79 Å². The summed E-state index contributed by atoms with van der Waals surface area (Å²) >= 11 is 0. The van der Waals surface area contributed by atoms with Crippen molar-refractivity contribution in [2.75, 3.05) is 32.0 Å². The van der Waals surface area contributed by atoms with Crippen LogP contribution in [0, 0.1) is 11.3 Å². The lowest BCUT2D eigenvalue weighted by molar-refractivity contribution is -0.116. The minimum atomic E-state index is -0.142. The van der Waals surface area contributed by atoms with Gasteiger partial charge in [0.1, 0.15) is 0 Å². The summed E-state index contributed by atoms with van der Waals surface area (Å²) in [5.74, 6) is -0.142. The number of nitrogens with zero attached hydrogens (tertiary/aromatic N) is 3. The standard InChI is InChI=1S/C14H16N4O2/c1-17-8-9-18(14(17)20)7-6-13(19)16-12-4-2-11(10-15)3-5-12/h2-5H,6-9H2,1H3,(H,16,19). The number of hydrogen-bond acceptors (Lipinski definition) is 3. The van der Waals surface area contributed by atoms with E-state index in [9.17, 15) is 9.59 Å². The van der Waals surface area contributed by atoms with Crippen LogP contribution in [0.25, 0.3) is 0 Å². The van der Waals surface area contributed by atoms with E-state index >= 15 is 0 Å². The van der Waals surface area contributed by atoms with E-state index in [0.717, 1.165) is 0 Å². The van der Waals surface area contributed by atoms with Crippen LogP contribution in [-0.4, -0.2) is 48.4 Å². The number of carbonyl (C=O) groups is 2. The minimum Gasteiger partial charge on any atom is -0.326 e. The molecule has 0 spiro atoms. The molecule has 6 nitrogen and oxygen atoms in total. The Morgan fingerprint density at radius 1 is 1.35 bits per heavy atom. The second-order valence-corrected chi connectivity index (χ2v) is 4.68. The van der Waals surface area contributed by atoms with Gasteiger partial charge in [-0.15, -0.1) is 0 Å². The molecule has 1 fully saturated rings. The maximum absolute atomic E-state index is 11.8. The molecule has 20 heavy (non-hydrogen) atoms. The third-order valence-corrected chi connectivity index (χ3v) is 3.21. The summed E-state index contributed by atoms with van der Waals surface area (Å²) in [5, 5.41) is 11.4. The molecule has 1 aliphatic rings. The average Bonchev–Trinajstić information content (AvgIpc) is 2.77. The van der Waals surface area contributed by atoms with Gasteiger partial charge in [0.15, 0.2) is 0 Å². The zero-order valence-corrected chi connectivity index (χ0v) is 11.3. The molecule has 0 atom stereocenters. The van der Waals surface area contributed by atoms with Gasteiger partial charge in [-0.2, -0.15) is 5.26 Å². The molecule has 0 aromatic heterocycles. The Morgan fingerprint density at radius 3 is 2.60 bits per heavy atom. The lowest BCUT2D eigenvalue weighted by atomic mass is 10.2. The van der Waals surface area contributed by atoms with Crippen molar-refractivity contribution in [1.29, 1.82) is 5.26 Å². The van der Waals surface area contributed by atoms with Crippen LogP contribution < -0.4 is 5.32 Å². The quantitative estimate of drug-likeness (QED) is 0.896. The molecule has 0 saturated carbocycles. The highest BCUT2D eigenvalue weighted by Crippen LogP contribution is 2.10.